The third-order valence-electron chi connectivity index (χ3n) is 1.75. The predicted octanol–water partition coefficient (Wildman–Crippen LogP) is -0.215. The van der Waals surface area contributed by atoms with E-state index in [0.717, 1.165) is 0 Å². The van der Waals surface area contributed by atoms with Crippen molar-refractivity contribution in [3.05, 3.63) is 0 Å². The monoisotopic (exact) mass is 256 g/mol. The molecule has 0 saturated carbocycles. The highest BCUT2D eigenvalue weighted by molar-refractivity contribution is 7.59. The Kier molecular flexibility index (Phi) is 11.9. The van der Waals surface area contributed by atoms with Gasteiger partial charge >= 0.3 is 5.97 Å². The van der Waals surface area contributed by atoms with Crippen molar-refractivity contribution in [1.29, 1.82) is 0 Å². The second-order valence-corrected chi connectivity index (χ2v) is 3.34. The summed E-state index contributed by atoms with van der Waals surface area (Å²) in [6.07, 6.45) is 0. The van der Waals surface area contributed by atoms with E-state index in [9.17, 15) is 9.59 Å². The molecule has 0 aliphatic rings. The summed E-state index contributed by atoms with van der Waals surface area (Å²) in [4.78, 5) is 21.6. The zero-order chi connectivity index (χ0) is 10.6. The number of aliphatic carboxylic acids is 1. The molecule has 5 nitrogen and oxygen atoms in total. The van der Waals surface area contributed by atoms with E-state index in [4.69, 9.17) is 10.8 Å². The van der Waals surface area contributed by atoms with Gasteiger partial charge in [-0.15, -0.1) is 0 Å². The first-order chi connectivity index (χ1) is 5.86. The van der Waals surface area contributed by atoms with E-state index in [2.05, 4.69) is 5.32 Å². The smallest absolute Gasteiger partial charge is 0.325 e. The van der Waals surface area contributed by atoms with Crippen molar-refractivity contribution in [1.82, 2.24) is 5.32 Å². The van der Waals surface area contributed by atoms with Gasteiger partial charge in [0.1, 0.15) is 6.04 Å². The number of carbonyl (C=O) groups excluding carboxylic acids is 1. The van der Waals surface area contributed by atoms with Crippen LogP contribution in [0.5, 0.6) is 0 Å². The van der Waals surface area contributed by atoms with Gasteiger partial charge in [-0.2, -0.15) is 27.0 Å². The van der Waals surface area contributed by atoms with E-state index in [1.807, 2.05) is 0 Å². The Hall–Kier alpha value is -0.400. The van der Waals surface area contributed by atoms with Crippen LogP contribution < -0.4 is 11.1 Å². The third-order valence-corrected chi connectivity index (χ3v) is 1.75. The number of amides is 1. The quantitative estimate of drug-likeness (QED) is 0.648. The molecule has 4 N–H and O–H groups in total. The SMILES string of the molecule is CC(C)[C@H](N)C(=O)N[C@@H](C)C(=O)O.S.S. The summed E-state index contributed by atoms with van der Waals surface area (Å²) in [7, 11) is 0. The summed E-state index contributed by atoms with van der Waals surface area (Å²) in [6.45, 7) is 5.00. The predicted molar refractivity (Wildman–Crippen MR) is 68.8 cm³/mol. The summed E-state index contributed by atoms with van der Waals surface area (Å²) < 4.78 is 0. The van der Waals surface area contributed by atoms with Gasteiger partial charge in [0, 0.05) is 0 Å². The van der Waals surface area contributed by atoms with Crippen LogP contribution in [0.15, 0.2) is 0 Å². The van der Waals surface area contributed by atoms with Gasteiger partial charge in [-0.05, 0) is 12.8 Å². The molecular weight excluding hydrogens is 236 g/mol. The maximum atomic E-state index is 11.2. The molecule has 0 aromatic carbocycles. The molecular formula is C8H20N2O3S2. The van der Waals surface area contributed by atoms with Gasteiger partial charge in [-0.3, -0.25) is 9.59 Å². The summed E-state index contributed by atoms with van der Waals surface area (Å²) >= 11 is 0. The summed E-state index contributed by atoms with van der Waals surface area (Å²) in [5, 5.41) is 10.8. The van der Waals surface area contributed by atoms with Crippen LogP contribution in [0.2, 0.25) is 0 Å². The average molecular weight is 256 g/mol. The zero-order valence-electron chi connectivity index (χ0n) is 9.07. The Balaban J connectivity index is -0.000000720. The number of nitrogens with one attached hydrogen (secondary N) is 1. The minimum Gasteiger partial charge on any atom is -0.480 e. The molecule has 0 radical (unpaired) electrons. The van der Waals surface area contributed by atoms with Gasteiger partial charge in [0.15, 0.2) is 0 Å². The van der Waals surface area contributed by atoms with Crippen LogP contribution in [0, 0.1) is 5.92 Å². The number of hydrogen-bond donors (Lipinski definition) is 3. The molecule has 2 atom stereocenters. The number of nitrogens with two attached hydrogens (primary N) is 1. The largest absolute Gasteiger partial charge is 0.480 e. The molecule has 0 saturated heterocycles. The molecule has 92 valence electrons. The van der Waals surface area contributed by atoms with Crippen LogP contribution in [0.25, 0.3) is 0 Å². The average Bonchev–Trinajstić information content (AvgIpc) is 2.02. The van der Waals surface area contributed by atoms with Crippen LogP contribution in [0.1, 0.15) is 20.8 Å². The van der Waals surface area contributed by atoms with Crippen molar-refractivity contribution in [3.63, 3.8) is 0 Å². The van der Waals surface area contributed by atoms with Crippen molar-refractivity contribution in [3.8, 4) is 0 Å². The number of carbonyl (C=O) groups is 2. The molecule has 0 unspecified atom stereocenters. The Morgan fingerprint density at radius 2 is 1.60 bits per heavy atom. The van der Waals surface area contributed by atoms with Gasteiger partial charge in [0.2, 0.25) is 5.91 Å². The first kappa shape index (κ1) is 20.1. The van der Waals surface area contributed by atoms with Crippen LogP contribution in [0.3, 0.4) is 0 Å². The van der Waals surface area contributed by atoms with Gasteiger partial charge in [0.05, 0.1) is 6.04 Å². The lowest BCUT2D eigenvalue weighted by atomic mass is 10.0. The lowest BCUT2D eigenvalue weighted by Gasteiger charge is -2.17. The molecule has 0 aromatic heterocycles. The molecule has 0 bridgehead atoms. The minimum atomic E-state index is -1.07. The van der Waals surface area contributed by atoms with Crippen LogP contribution in [0.4, 0.5) is 0 Å². The van der Waals surface area contributed by atoms with Gasteiger partial charge in [-0.25, -0.2) is 0 Å². The molecule has 1 amide bonds. The van der Waals surface area contributed by atoms with Gasteiger partial charge in [0.25, 0.3) is 0 Å². The Morgan fingerprint density at radius 1 is 1.20 bits per heavy atom. The third kappa shape index (κ3) is 7.52. The molecule has 0 rings (SSSR count). The number of hydrogen-bond acceptors (Lipinski definition) is 3. The highest BCUT2D eigenvalue weighted by atomic mass is 32.1. The van der Waals surface area contributed by atoms with Gasteiger partial charge in [-0.1, -0.05) is 13.8 Å². The fourth-order valence-corrected chi connectivity index (χ4v) is 0.674. The molecule has 7 heteroatoms. The standard InChI is InChI=1S/C8H16N2O3.2H2S/c1-4(2)6(9)7(11)10-5(3)8(12)13;;/h4-6H,9H2,1-3H3,(H,10,11)(H,12,13);2*1H2/t5-,6-;;/m0../s1. The molecule has 0 aliphatic carbocycles. The molecule has 0 aliphatic heterocycles. The number of rotatable bonds is 4. The lowest BCUT2D eigenvalue weighted by Crippen LogP contribution is -2.49. The Labute approximate surface area is 104 Å². The van der Waals surface area contributed by atoms with Gasteiger partial charge < -0.3 is 16.2 Å². The normalized spacial score (nSPS) is 13.1. The van der Waals surface area contributed by atoms with Crippen LogP contribution in [-0.4, -0.2) is 29.1 Å². The van der Waals surface area contributed by atoms with Crippen molar-refractivity contribution in [2.75, 3.05) is 0 Å². The molecule has 0 spiro atoms. The maximum absolute atomic E-state index is 11.2. The molecule has 0 aromatic rings. The fourth-order valence-electron chi connectivity index (χ4n) is 0.674. The fraction of sp³-hybridized carbons (Fsp3) is 0.750. The van der Waals surface area contributed by atoms with E-state index < -0.39 is 24.0 Å². The zero-order valence-corrected chi connectivity index (χ0v) is 11.1. The Morgan fingerprint density at radius 3 is 1.87 bits per heavy atom. The first-order valence-electron chi connectivity index (χ1n) is 4.15. The minimum absolute atomic E-state index is 0. The number of carboxylic acids is 1. The van der Waals surface area contributed by atoms with E-state index in [1.165, 1.54) is 6.92 Å². The summed E-state index contributed by atoms with van der Waals surface area (Å²) in [6, 6.07) is -1.54. The summed E-state index contributed by atoms with van der Waals surface area (Å²) in [5.74, 6) is -1.49. The van der Waals surface area contributed by atoms with Crippen molar-refractivity contribution in [2.24, 2.45) is 11.7 Å². The maximum Gasteiger partial charge on any atom is 0.325 e. The van der Waals surface area contributed by atoms with Crippen LogP contribution >= 0.6 is 27.0 Å². The molecule has 0 fully saturated rings. The highest BCUT2D eigenvalue weighted by Crippen LogP contribution is 1.98. The molecule has 0 heterocycles. The van der Waals surface area contributed by atoms with E-state index in [-0.39, 0.29) is 32.9 Å². The van der Waals surface area contributed by atoms with Crippen molar-refractivity contribution >= 4 is 38.9 Å². The lowest BCUT2D eigenvalue weighted by molar-refractivity contribution is -0.141. The van der Waals surface area contributed by atoms with E-state index >= 15 is 0 Å². The highest BCUT2D eigenvalue weighted by Gasteiger charge is 2.21. The van der Waals surface area contributed by atoms with E-state index in [0.29, 0.717) is 0 Å². The van der Waals surface area contributed by atoms with Crippen molar-refractivity contribution in [2.45, 2.75) is 32.9 Å². The van der Waals surface area contributed by atoms with E-state index in [1.54, 1.807) is 13.8 Å². The topological polar surface area (TPSA) is 92.4 Å². The first-order valence-corrected chi connectivity index (χ1v) is 4.15. The number of carboxylic acid groups (broad SMARTS) is 1. The second-order valence-electron chi connectivity index (χ2n) is 3.34. The Bertz CT molecular complexity index is 212. The van der Waals surface area contributed by atoms with Crippen molar-refractivity contribution < 1.29 is 14.7 Å². The van der Waals surface area contributed by atoms with Crippen LogP contribution in [-0.2, 0) is 9.59 Å². The second kappa shape index (κ2) is 8.87. The molecule has 15 heavy (non-hydrogen) atoms. The summed E-state index contributed by atoms with van der Waals surface area (Å²) in [5.41, 5.74) is 5.50.